The monoisotopic (exact) mass is 448 g/mol. The first-order valence-corrected chi connectivity index (χ1v) is 12.0. The molecule has 2 N–H and O–H groups in total. The highest BCUT2D eigenvalue weighted by Gasteiger charge is 2.28. The smallest absolute Gasteiger partial charge is 0.271 e. The lowest BCUT2D eigenvalue weighted by Gasteiger charge is -2.31. The van der Waals surface area contributed by atoms with Crippen LogP contribution in [0.4, 0.5) is 0 Å². The number of sulfonamides is 1. The number of likely N-dealkylation sites (tertiary alicyclic amines) is 1. The summed E-state index contributed by atoms with van der Waals surface area (Å²) >= 11 is 1.19. The molecule has 30 heavy (non-hydrogen) atoms. The summed E-state index contributed by atoms with van der Waals surface area (Å²) in [6.07, 6.45) is 1.14. The van der Waals surface area contributed by atoms with Crippen LogP contribution in [-0.2, 0) is 17.1 Å². The molecule has 0 spiro atoms. The number of H-pyrrole nitrogens is 1. The van der Waals surface area contributed by atoms with E-state index in [0.29, 0.717) is 41.5 Å². The molecule has 11 heteroatoms. The van der Waals surface area contributed by atoms with Gasteiger partial charge in [0.05, 0.1) is 11.4 Å². The minimum absolute atomic E-state index is 0.132. The van der Waals surface area contributed by atoms with E-state index in [2.05, 4.69) is 20.0 Å². The summed E-state index contributed by atoms with van der Waals surface area (Å²) in [5.41, 5.74) is 3.89. The van der Waals surface area contributed by atoms with Gasteiger partial charge in [-0.05, 0) is 44.2 Å². The Hall–Kier alpha value is -2.50. The summed E-state index contributed by atoms with van der Waals surface area (Å²) in [4.78, 5) is 14.6. The molecule has 0 unspecified atom stereocenters. The Morgan fingerprint density at radius 2 is 2.03 bits per heavy atom. The highest BCUT2D eigenvalue weighted by Crippen LogP contribution is 2.26. The van der Waals surface area contributed by atoms with Crippen molar-refractivity contribution in [3.63, 3.8) is 0 Å². The molecular weight excluding hydrogens is 424 g/mol. The van der Waals surface area contributed by atoms with E-state index in [9.17, 15) is 13.2 Å². The van der Waals surface area contributed by atoms with Crippen LogP contribution in [0.2, 0.25) is 0 Å². The molecule has 1 aliphatic rings. The largest absolute Gasteiger partial charge is 0.337 e. The number of rotatable bonds is 5. The third-order valence-electron chi connectivity index (χ3n) is 5.44. The van der Waals surface area contributed by atoms with E-state index in [1.54, 1.807) is 33.2 Å². The molecular formula is C19H24N6O3S2. The lowest BCUT2D eigenvalue weighted by Crippen LogP contribution is -2.46. The number of nitrogens with zero attached hydrogens (tertiary/aromatic N) is 4. The molecule has 1 aliphatic heterocycles. The summed E-state index contributed by atoms with van der Waals surface area (Å²) < 4.78 is 29.6. The minimum atomic E-state index is -3.50. The standard InChI is InChI=1S/C19H24N6O3S2/c1-12-18(13(2)24(3)22-12)15-11-16(21-20-15)19(26)25-8-6-14(7-9-25)23-30(27,28)17-5-4-10-29-17/h4-5,10-11,14,23H,6-9H2,1-3H3,(H,20,21). The molecule has 0 radical (unpaired) electrons. The zero-order valence-electron chi connectivity index (χ0n) is 17.0. The van der Waals surface area contributed by atoms with Crippen molar-refractivity contribution in [2.45, 2.75) is 36.9 Å². The van der Waals surface area contributed by atoms with Gasteiger partial charge in [-0.25, -0.2) is 13.1 Å². The van der Waals surface area contributed by atoms with Gasteiger partial charge in [0.25, 0.3) is 5.91 Å². The molecule has 160 valence electrons. The molecule has 3 aromatic rings. The lowest BCUT2D eigenvalue weighted by molar-refractivity contribution is 0.0705. The summed E-state index contributed by atoms with van der Waals surface area (Å²) in [5.74, 6) is -0.132. The third kappa shape index (κ3) is 3.92. The van der Waals surface area contributed by atoms with Crippen LogP contribution < -0.4 is 4.72 Å². The zero-order chi connectivity index (χ0) is 21.5. The SMILES string of the molecule is Cc1nn(C)c(C)c1-c1cc(C(=O)N2CCC(NS(=O)(=O)c3cccs3)CC2)[nH]n1. The molecule has 0 atom stereocenters. The number of carbonyl (C=O) groups is 1. The number of carbonyl (C=O) groups excluding carboxylic acids is 1. The fourth-order valence-corrected chi connectivity index (χ4v) is 6.08. The van der Waals surface area contributed by atoms with Crippen molar-refractivity contribution in [3.8, 4) is 11.3 Å². The molecule has 9 nitrogen and oxygen atoms in total. The number of nitrogens with one attached hydrogen (secondary N) is 2. The van der Waals surface area contributed by atoms with E-state index in [0.717, 1.165) is 17.0 Å². The van der Waals surface area contributed by atoms with Crippen molar-refractivity contribution < 1.29 is 13.2 Å². The van der Waals surface area contributed by atoms with Crippen LogP contribution in [0.3, 0.4) is 0 Å². The van der Waals surface area contributed by atoms with Gasteiger partial charge < -0.3 is 4.90 Å². The van der Waals surface area contributed by atoms with Crippen LogP contribution in [-0.4, -0.2) is 58.3 Å². The average Bonchev–Trinajstić information content (AvgIpc) is 3.44. The normalized spacial score (nSPS) is 15.6. The van der Waals surface area contributed by atoms with Gasteiger partial charge in [-0.15, -0.1) is 11.3 Å². The Kier molecular flexibility index (Phi) is 5.51. The maximum absolute atomic E-state index is 12.9. The molecule has 1 saturated heterocycles. The Morgan fingerprint density at radius 3 is 2.63 bits per heavy atom. The second-order valence-corrected chi connectivity index (χ2v) is 10.3. The summed E-state index contributed by atoms with van der Waals surface area (Å²) in [5, 5.41) is 13.3. The predicted octanol–water partition coefficient (Wildman–Crippen LogP) is 2.07. The fraction of sp³-hybridized carbons (Fsp3) is 0.421. The average molecular weight is 449 g/mol. The van der Waals surface area contributed by atoms with Crippen molar-refractivity contribution in [2.75, 3.05) is 13.1 Å². The van der Waals surface area contributed by atoms with Crippen LogP contribution in [0.5, 0.6) is 0 Å². The van der Waals surface area contributed by atoms with E-state index < -0.39 is 10.0 Å². The van der Waals surface area contributed by atoms with Gasteiger partial charge in [0.2, 0.25) is 10.0 Å². The van der Waals surface area contributed by atoms with E-state index in [1.807, 2.05) is 20.9 Å². The predicted molar refractivity (Wildman–Crippen MR) is 114 cm³/mol. The Balaban J connectivity index is 1.40. The van der Waals surface area contributed by atoms with Crippen LogP contribution in [0.1, 0.15) is 34.7 Å². The Labute approximate surface area is 179 Å². The molecule has 0 aromatic carbocycles. The lowest BCUT2D eigenvalue weighted by atomic mass is 10.1. The van der Waals surface area contributed by atoms with Gasteiger partial charge in [-0.3, -0.25) is 14.6 Å². The van der Waals surface area contributed by atoms with Gasteiger partial charge >= 0.3 is 0 Å². The molecule has 0 bridgehead atoms. The maximum atomic E-state index is 12.9. The third-order valence-corrected chi connectivity index (χ3v) is 8.36. The van der Waals surface area contributed by atoms with Gasteiger partial charge in [0.15, 0.2) is 0 Å². The van der Waals surface area contributed by atoms with E-state index in [4.69, 9.17) is 0 Å². The summed E-state index contributed by atoms with van der Waals surface area (Å²) in [6.45, 7) is 4.85. The second-order valence-electron chi connectivity index (χ2n) is 7.46. The molecule has 4 heterocycles. The van der Waals surface area contributed by atoms with Crippen LogP contribution in [0, 0.1) is 13.8 Å². The van der Waals surface area contributed by atoms with Crippen LogP contribution in [0.15, 0.2) is 27.8 Å². The Bertz CT molecular complexity index is 1160. The van der Waals surface area contributed by atoms with E-state index in [1.165, 1.54) is 11.3 Å². The molecule has 1 amide bonds. The highest BCUT2D eigenvalue weighted by molar-refractivity contribution is 7.91. The van der Waals surface area contributed by atoms with Crippen LogP contribution in [0.25, 0.3) is 11.3 Å². The number of hydrogen-bond acceptors (Lipinski definition) is 6. The van der Waals surface area contributed by atoms with Crippen molar-refractivity contribution in [3.05, 3.63) is 40.7 Å². The number of aromatic amines is 1. The highest BCUT2D eigenvalue weighted by atomic mass is 32.2. The number of piperidine rings is 1. The number of aromatic nitrogens is 4. The second kappa shape index (κ2) is 7.97. The van der Waals surface area contributed by atoms with Crippen molar-refractivity contribution >= 4 is 27.3 Å². The molecule has 1 fully saturated rings. The topological polar surface area (TPSA) is 113 Å². The molecule has 0 aliphatic carbocycles. The number of aryl methyl sites for hydroxylation is 2. The Morgan fingerprint density at radius 1 is 1.30 bits per heavy atom. The summed E-state index contributed by atoms with van der Waals surface area (Å²) in [6, 6.07) is 4.88. The first-order chi connectivity index (χ1) is 14.3. The van der Waals surface area contributed by atoms with Gasteiger partial charge in [-0.2, -0.15) is 10.2 Å². The van der Waals surface area contributed by atoms with Gasteiger partial charge in [0, 0.05) is 37.4 Å². The minimum Gasteiger partial charge on any atom is -0.337 e. The number of hydrogen-bond donors (Lipinski definition) is 2. The van der Waals surface area contributed by atoms with Crippen molar-refractivity contribution in [1.29, 1.82) is 0 Å². The quantitative estimate of drug-likeness (QED) is 0.620. The number of thiophene rings is 1. The first kappa shape index (κ1) is 20.8. The van der Waals surface area contributed by atoms with Crippen LogP contribution >= 0.6 is 11.3 Å². The first-order valence-electron chi connectivity index (χ1n) is 9.67. The zero-order valence-corrected chi connectivity index (χ0v) is 18.7. The summed E-state index contributed by atoms with van der Waals surface area (Å²) in [7, 11) is -1.62. The fourth-order valence-electron chi connectivity index (χ4n) is 3.77. The van der Waals surface area contributed by atoms with Crippen molar-refractivity contribution in [2.24, 2.45) is 7.05 Å². The van der Waals surface area contributed by atoms with Crippen molar-refractivity contribution in [1.82, 2.24) is 29.6 Å². The maximum Gasteiger partial charge on any atom is 0.271 e. The van der Waals surface area contributed by atoms with E-state index >= 15 is 0 Å². The van der Waals surface area contributed by atoms with E-state index in [-0.39, 0.29) is 11.9 Å². The molecule has 3 aromatic heterocycles. The molecule has 4 rings (SSSR count). The van der Waals surface area contributed by atoms with Gasteiger partial charge in [-0.1, -0.05) is 6.07 Å². The van der Waals surface area contributed by atoms with Gasteiger partial charge in [0.1, 0.15) is 9.90 Å². The molecule has 0 saturated carbocycles. The number of amides is 1.